The quantitative estimate of drug-likeness (QED) is 0.175. The number of carbonyl (C=O) groups is 1. The standard InChI is InChI=1S/C32H35BN4O3/c1-5-8-29-28(31(38)37(21(4)35-29)24-15-17-25(18-16-24)40-20(2)3)19-22-11-13-23(14-12-22)26-9-6-7-10-27(26)30(34)36-32(33)39/h6-7,9-18,20H,5,8,19,33H2,1-4H3,(H2,34,36,39). The number of ether oxygens (including phenoxy) is 1. The van der Waals surface area contributed by atoms with E-state index in [4.69, 9.17) is 15.1 Å². The molecule has 3 aromatic carbocycles. The average molecular weight is 534 g/mol. The maximum atomic E-state index is 13.9. The summed E-state index contributed by atoms with van der Waals surface area (Å²) in [5, 5.41) is 10.9. The fourth-order valence-electron chi connectivity index (χ4n) is 4.79. The van der Waals surface area contributed by atoms with Gasteiger partial charge in [-0.15, -0.1) is 0 Å². The van der Waals surface area contributed by atoms with Crippen LogP contribution in [0.5, 0.6) is 5.75 Å². The minimum Gasteiger partial charge on any atom is -0.491 e. The molecule has 8 heteroatoms. The van der Waals surface area contributed by atoms with Gasteiger partial charge in [-0.05, 0) is 68.1 Å². The molecular weight excluding hydrogens is 499 g/mol. The van der Waals surface area contributed by atoms with Gasteiger partial charge in [-0.1, -0.05) is 61.9 Å². The van der Waals surface area contributed by atoms with Crippen LogP contribution in [-0.2, 0) is 12.8 Å². The third-order valence-electron chi connectivity index (χ3n) is 6.53. The third kappa shape index (κ3) is 6.57. The molecule has 0 atom stereocenters. The van der Waals surface area contributed by atoms with Crippen molar-refractivity contribution in [3.8, 4) is 22.6 Å². The summed E-state index contributed by atoms with van der Waals surface area (Å²) in [6.07, 6.45) is 2.14. The number of aromatic nitrogens is 2. The van der Waals surface area contributed by atoms with Crippen LogP contribution in [0.15, 0.2) is 77.6 Å². The minimum atomic E-state index is -0.282. The Morgan fingerprint density at radius 1 is 1.05 bits per heavy atom. The van der Waals surface area contributed by atoms with E-state index in [1.807, 2.05) is 93.6 Å². The summed E-state index contributed by atoms with van der Waals surface area (Å²) >= 11 is 0. The Bertz CT molecular complexity index is 1580. The number of carbonyl (C=O) groups excluding carboxylic acids is 1. The maximum Gasteiger partial charge on any atom is 0.261 e. The Morgan fingerprint density at radius 3 is 2.35 bits per heavy atom. The van der Waals surface area contributed by atoms with E-state index in [0.29, 0.717) is 23.4 Å². The van der Waals surface area contributed by atoms with E-state index in [-0.39, 0.29) is 23.3 Å². The molecule has 204 valence electrons. The van der Waals surface area contributed by atoms with Gasteiger partial charge in [0.25, 0.3) is 5.56 Å². The van der Waals surface area contributed by atoms with E-state index in [1.165, 1.54) is 7.85 Å². The number of aryl methyl sites for hydroxylation is 2. The van der Waals surface area contributed by atoms with Gasteiger partial charge in [0.05, 0.1) is 17.5 Å². The molecular formula is C32H35BN4O3. The number of amidine groups is 1. The Kier molecular flexibility index (Phi) is 8.99. The monoisotopic (exact) mass is 534 g/mol. The summed E-state index contributed by atoms with van der Waals surface area (Å²) in [6.45, 7) is 7.92. The van der Waals surface area contributed by atoms with Crippen molar-refractivity contribution in [1.82, 2.24) is 14.9 Å². The number of nitrogens with one attached hydrogen (secondary N) is 2. The third-order valence-corrected chi connectivity index (χ3v) is 6.53. The van der Waals surface area contributed by atoms with E-state index in [9.17, 15) is 9.59 Å². The Balaban J connectivity index is 1.68. The Morgan fingerprint density at radius 2 is 1.73 bits per heavy atom. The van der Waals surface area contributed by atoms with E-state index in [0.717, 1.165) is 46.7 Å². The van der Waals surface area contributed by atoms with Gasteiger partial charge >= 0.3 is 0 Å². The molecule has 0 aliphatic heterocycles. The molecule has 0 aliphatic rings. The number of amides is 1. The molecule has 0 bridgehead atoms. The molecule has 4 rings (SSSR count). The van der Waals surface area contributed by atoms with Crippen LogP contribution in [0.4, 0.5) is 4.79 Å². The summed E-state index contributed by atoms with van der Waals surface area (Å²) in [7, 11) is 1.39. The summed E-state index contributed by atoms with van der Waals surface area (Å²) in [4.78, 5) is 30.2. The zero-order valence-electron chi connectivity index (χ0n) is 23.7. The fraction of sp³-hybridized carbons (Fsp3) is 0.250. The van der Waals surface area contributed by atoms with Crippen molar-refractivity contribution in [3.05, 3.63) is 111 Å². The first-order valence-electron chi connectivity index (χ1n) is 13.6. The van der Waals surface area contributed by atoms with Crippen LogP contribution in [0.2, 0.25) is 0 Å². The molecule has 0 unspecified atom stereocenters. The first-order valence-corrected chi connectivity index (χ1v) is 13.6. The predicted molar refractivity (Wildman–Crippen MR) is 163 cm³/mol. The highest BCUT2D eigenvalue weighted by molar-refractivity contribution is 6.58. The van der Waals surface area contributed by atoms with Gasteiger partial charge in [0.2, 0.25) is 7.85 Å². The SMILES string of the molecule is BC(=O)NC(=N)c1ccccc1-c1ccc(Cc2c(CCC)nc(C)n(-c3ccc(OC(C)C)cc3)c2=O)cc1. The van der Waals surface area contributed by atoms with E-state index in [2.05, 4.69) is 12.2 Å². The molecule has 40 heavy (non-hydrogen) atoms. The molecule has 1 aromatic heterocycles. The lowest BCUT2D eigenvalue weighted by Gasteiger charge is -2.16. The minimum absolute atomic E-state index is 0.0615. The normalized spacial score (nSPS) is 10.9. The van der Waals surface area contributed by atoms with Gasteiger partial charge < -0.3 is 10.1 Å². The molecule has 1 amide bonds. The van der Waals surface area contributed by atoms with Gasteiger partial charge in [0.1, 0.15) is 17.4 Å². The van der Waals surface area contributed by atoms with Crippen LogP contribution >= 0.6 is 0 Å². The van der Waals surface area contributed by atoms with Crippen LogP contribution in [-0.4, -0.2) is 35.1 Å². The fourth-order valence-corrected chi connectivity index (χ4v) is 4.79. The Labute approximate surface area is 236 Å². The van der Waals surface area contributed by atoms with Crippen molar-refractivity contribution in [2.24, 2.45) is 0 Å². The van der Waals surface area contributed by atoms with Crippen molar-refractivity contribution in [2.45, 2.75) is 53.1 Å². The van der Waals surface area contributed by atoms with Crippen molar-refractivity contribution < 1.29 is 9.53 Å². The summed E-state index contributed by atoms with van der Waals surface area (Å²) in [5.41, 5.74) is 5.62. The van der Waals surface area contributed by atoms with Crippen LogP contribution in [0.1, 0.15) is 55.4 Å². The van der Waals surface area contributed by atoms with Crippen molar-refractivity contribution >= 4 is 19.5 Å². The van der Waals surface area contributed by atoms with Gasteiger partial charge in [0.15, 0.2) is 5.81 Å². The lowest BCUT2D eigenvalue weighted by atomic mass is 9.95. The number of nitrogens with zero attached hydrogens (tertiary/aromatic N) is 2. The smallest absolute Gasteiger partial charge is 0.261 e. The first kappa shape index (κ1) is 28.6. The van der Waals surface area contributed by atoms with Crippen LogP contribution < -0.4 is 15.6 Å². The molecule has 0 radical (unpaired) electrons. The number of hydrogen-bond donors (Lipinski definition) is 2. The highest BCUT2D eigenvalue weighted by Crippen LogP contribution is 2.25. The number of hydrogen-bond acceptors (Lipinski definition) is 5. The van der Waals surface area contributed by atoms with Crippen molar-refractivity contribution in [2.75, 3.05) is 0 Å². The largest absolute Gasteiger partial charge is 0.491 e. The van der Waals surface area contributed by atoms with Gasteiger partial charge in [-0.3, -0.25) is 19.6 Å². The highest BCUT2D eigenvalue weighted by Gasteiger charge is 2.17. The van der Waals surface area contributed by atoms with Gasteiger partial charge in [-0.2, -0.15) is 0 Å². The average Bonchev–Trinajstić information content (AvgIpc) is 2.91. The predicted octanol–water partition coefficient (Wildman–Crippen LogP) is 5.21. The molecule has 7 nitrogen and oxygen atoms in total. The summed E-state index contributed by atoms with van der Waals surface area (Å²) < 4.78 is 7.44. The lowest BCUT2D eigenvalue weighted by Crippen LogP contribution is -2.29. The zero-order chi connectivity index (χ0) is 28.8. The van der Waals surface area contributed by atoms with Crippen molar-refractivity contribution in [1.29, 1.82) is 5.41 Å². The number of rotatable bonds is 9. The van der Waals surface area contributed by atoms with Crippen molar-refractivity contribution in [3.63, 3.8) is 0 Å². The Hall–Kier alpha value is -4.46. The zero-order valence-corrected chi connectivity index (χ0v) is 23.7. The molecule has 0 saturated heterocycles. The molecule has 0 fully saturated rings. The van der Waals surface area contributed by atoms with Crippen LogP contribution in [0.3, 0.4) is 0 Å². The highest BCUT2D eigenvalue weighted by atomic mass is 16.5. The topological polar surface area (TPSA) is 97.1 Å². The van der Waals surface area contributed by atoms with Gasteiger partial charge in [0, 0.05) is 17.5 Å². The molecule has 4 aromatic rings. The van der Waals surface area contributed by atoms with Crippen LogP contribution in [0.25, 0.3) is 16.8 Å². The lowest BCUT2D eigenvalue weighted by molar-refractivity contribution is 0.242. The second-order valence-corrected chi connectivity index (χ2v) is 10.1. The molecule has 1 heterocycles. The van der Waals surface area contributed by atoms with Crippen LogP contribution in [0, 0.1) is 12.3 Å². The molecule has 0 spiro atoms. The van der Waals surface area contributed by atoms with Gasteiger partial charge in [-0.25, -0.2) is 4.98 Å². The second kappa shape index (κ2) is 12.6. The summed E-state index contributed by atoms with van der Waals surface area (Å²) in [5.74, 6) is 1.19. The van der Waals surface area contributed by atoms with E-state index >= 15 is 0 Å². The van der Waals surface area contributed by atoms with E-state index in [1.54, 1.807) is 4.57 Å². The summed E-state index contributed by atoms with van der Waals surface area (Å²) in [6, 6.07) is 23.0. The number of benzene rings is 3. The molecule has 2 N–H and O–H groups in total. The molecule has 0 aliphatic carbocycles. The second-order valence-electron chi connectivity index (χ2n) is 10.1. The van der Waals surface area contributed by atoms with E-state index < -0.39 is 0 Å². The maximum absolute atomic E-state index is 13.9. The first-order chi connectivity index (χ1) is 19.2. The molecule has 0 saturated carbocycles.